The zero-order chi connectivity index (χ0) is 16.7. The predicted molar refractivity (Wildman–Crippen MR) is 95.8 cm³/mol. The first kappa shape index (κ1) is 17.1. The van der Waals surface area contributed by atoms with E-state index in [0.29, 0.717) is 17.1 Å². The van der Waals surface area contributed by atoms with E-state index in [9.17, 15) is 0 Å². The Morgan fingerprint density at radius 1 is 1.22 bits per heavy atom. The monoisotopic (exact) mass is 422 g/mol. The molecule has 2 aromatic rings. The molecule has 5 nitrogen and oxygen atoms in total. The Balaban J connectivity index is 2.07. The van der Waals surface area contributed by atoms with Crippen molar-refractivity contribution in [3.8, 4) is 17.6 Å². The van der Waals surface area contributed by atoms with E-state index < -0.39 is 0 Å². The minimum atomic E-state index is 0.241. The van der Waals surface area contributed by atoms with Gasteiger partial charge >= 0.3 is 0 Å². The number of hydrogen-bond donors (Lipinski definition) is 0. The summed E-state index contributed by atoms with van der Waals surface area (Å²) >= 11 is 2.17. The van der Waals surface area contributed by atoms with Crippen molar-refractivity contribution in [3.63, 3.8) is 0 Å². The van der Waals surface area contributed by atoms with Gasteiger partial charge in [-0.1, -0.05) is 23.4 Å². The van der Waals surface area contributed by atoms with Crippen LogP contribution in [0.2, 0.25) is 0 Å². The van der Waals surface area contributed by atoms with Crippen LogP contribution in [0.1, 0.15) is 16.7 Å². The van der Waals surface area contributed by atoms with Crippen LogP contribution in [-0.4, -0.2) is 20.4 Å². The number of halogens is 1. The van der Waals surface area contributed by atoms with Crippen LogP contribution in [0.15, 0.2) is 41.6 Å². The summed E-state index contributed by atoms with van der Waals surface area (Å²) in [6, 6.07) is 13.1. The highest BCUT2D eigenvalue weighted by Gasteiger charge is 2.09. The largest absolute Gasteiger partial charge is 0.493 e. The van der Waals surface area contributed by atoms with Crippen LogP contribution in [-0.2, 0) is 11.4 Å². The zero-order valence-electron chi connectivity index (χ0n) is 12.7. The normalized spacial score (nSPS) is 10.3. The van der Waals surface area contributed by atoms with Crippen molar-refractivity contribution in [1.29, 1.82) is 5.26 Å². The Labute approximate surface area is 148 Å². The molecule has 0 saturated heterocycles. The van der Waals surface area contributed by atoms with Crippen LogP contribution in [0, 0.1) is 14.9 Å². The third-order valence-electron chi connectivity index (χ3n) is 3.09. The van der Waals surface area contributed by atoms with E-state index in [1.54, 1.807) is 26.5 Å². The maximum atomic E-state index is 9.02. The number of rotatable bonds is 6. The molecule has 0 fully saturated rings. The Hall–Kier alpha value is -2.27. The molecule has 2 rings (SSSR count). The van der Waals surface area contributed by atoms with Crippen molar-refractivity contribution in [3.05, 3.63) is 56.7 Å². The second kappa shape index (κ2) is 8.39. The lowest BCUT2D eigenvalue weighted by atomic mass is 10.1. The molecule has 0 aliphatic carbocycles. The summed E-state index contributed by atoms with van der Waals surface area (Å²) in [5.41, 5.74) is 2.22. The van der Waals surface area contributed by atoms with E-state index >= 15 is 0 Å². The molecule has 0 heterocycles. The highest BCUT2D eigenvalue weighted by Crippen LogP contribution is 2.33. The van der Waals surface area contributed by atoms with Gasteiger partial charge in [-0.15, -0.1) is 0 Å². The van der Waals surface area contributed by atoms with E-state index in [-0.39, 0.29) is 6.61 Å². The van der Waals surface area contributed by atoms with Crippen molar-refractivity contribution in [2.75, 3.05) is 14.2 Å². The molecule has 118 valence electrons. The number of benzene rings is 2. The van der Waals surface area contributed by atoms with Crippen LogP contribution in [0.4, 0.5) is 0 Å². The summed E-state index contributed by atoms with van der Waals surface area (Å²) in [4.78, 5) is 5.28. The van der Waals surface area contributed by atoms with Crippen LogP contribution < -0.4 is 9.47 Å². The van der Waals surface area contributed by atoms with Gasteiger partial charge in [-0.3, -0.25) is 0 Å². The molecule has 6 heteroatoms. The van der Waals surface area contributed by atoms with Crippen molar-refractivity contribution in [1.82, 2.24) is 0 Å². The molecule has 0 atom stereocenters. The lowest BCUT2D eigenvalue weighted by Crippen LogP contribution is -1.96. The third-order valence-corrected chi connectivity index (χ3v) is 3.89. The third kappa shape index (κ3) is 4.36. The fourth-order valence-corrected chi connectivity index (χ4v) is 2.82. The minimum Gasteiger partial charge on any atom is -0.493 e. The first-order chi connectivity index (χ1) is 11.2. The second-order valence-corrected chi connectivity index (χ2v) is 5.68. The Morgan fingerprint density at radius 2 is 2.00 bits per heavy atom. The summed E-state index contributed by atoms with van der Waals surface area (Å²) in [5, 5.41) is 13.0. The molecular weight excluding hydrogens is 407 g/mol. The van der Waals surface area contributed by atoms with Crippen LogP contribution >= 0.6 is 22.6 Å². The summed E-state index contributed by atoms with van der Waals surface area (Å²) in [7, 11) is 3.19. The van der Waals surface area contributed by atoms with Crippen LogP contribution in [0.3, 0.4) is 0 Å². The highest BCUT2D eigenvalue weighted by atomic mass is 127. The average molecular weight is 422 g/mol. The maximum absolute atomic E-state index is 9.02. The fraction of sp³-hybridized carbons (Fsp3) is 0.176. The standard InChI is InChI=1S/C17H15IN2O3/c1-21-16-8-12(7-15(18)17(16)22-2)10-20-23-11-14-6-4-3-5-13(14)9-19/h3-8,10H,11H2,1-2H3/b20-10-. The molecule has 0 N–H and O–H groups in total. The Morgan fingerprint density at radius 3 is 2.70 bits per heavy atom. The molecular formula is C17H15IN2O3. The lowest BCUT2D eigenvalue weighted by molar-refractivity contribution is 0.132. The van der Waals surface area contributed by atoms with Crippen molar-refractivity contribution >= 4 is 28.8 Å². The van der Waals surface area contributed by atoms with Crippen molar-refractivity contribution in [2.24, 2.45) is 5.16 Å². The van der Waals surface area contributed by atoms with Gasteiger partial charge in [0.05, 0.1) is 35.6 Å². The fourth-order valence-electron chi connectivity index (χ4n) is 1.97. The van der Waals surface area contributed by atoms with E-state index in [1.165, 1.54) is 0 Å². The zero-order valence-corrected chi connectivity index (χ0v) is 14.9. The van der Waals surface area contributed by atoms with Gasteiger partial charge in [-0.2, -0.15) is 5.26 Å². The molecule has 2 aromatic carbocycles. The van der Waals surface area contributed by atoms with Crippen LogP contribution in [0.25, 0.3) is 0 Å². The summed E-state index contributed by atoms with van der Waals surface area (Å²) in [6.45, 7) is 0.241. The lowest BCUT2D eigenvalue weighted by Gasteiger charge is -2.10. The quantitative estimate of drug-likeness (QED) is 0.405. The summed E-state index contributed by atoms with van der Waals surface area (Å²) in [5.74, 6) is 1.32. The molecule has 0 aliphatic heterocycles. The molecule has 0 bridgehead atoms. The second-order valence-electron chi connectivity index (χ2n) is 4.52. The number of oxime groups is 1. The van der Waals surface area contributed by atoms with Crippen molar-refractivity contribution < 1.29 is 14.3 Å². The van der Waals surface area contributed by atoms with Gasteiger partial charge < -0.3 is 14.3 Å². The molecule has 23 heavy (non-hydrogen) atoms. The molecule has 0 spiro atoms. The molecule has 0 unspecified atom stereocenters. The highest BCUT2D eigenvalue weighted by molar-refractivity contribution is 14.1. The molecule has 0 radical (unpaired) electrons. The van der Waals surface area contributed by atoms with Gasteiger partial charge in [0.15, 0.2) is 11.5 Å². The SMILES string of the molecule is COc1cc(/C=N\OCc2ccccc2C#N)cc(I)c1OC. The number of ether oxygens (including phenoxy) is 2. The summed E-state index contributed by atoms with van der Waals surface area (Å²) in [6.07, 6.45) is 1.60. The van der Waals surface area contributed by atoms with E-state index in [4.69, 9.17) is 19.6 Å². The Kier molecular flexibility index (Phi) is 6.23. The molecule has 0 saturated carbocycles. The van der Waals surface area contributed by atoms with Gasteiger partial charge in [-0.25, -0.2) is 0 Å². The van der Waals surface area contributed by atoms with E-state index in [1.807, 2.05) is 30.3 Å². The van der Waals surface area contributed by atoms with Gasteiger partial charge in [-0.05, 0) is 40.8 Å². The average Bonchev–Trinajstić information content (AvgIpc) is 2.58. The first-order valence-corrected chi connectivity index (χ1v) is 7.82. The molecule has 0 aromatic heterocycles. The van der Waals surface area contributed by atoms with Gasteiger partial charge in [0.1, 0.15) is 6.61 Å². The topological polar surface area (TPSA) is 63.8 Å². The van der Waals surface area contributed by atoms with Gasteiger partial charge in [0.2, 0.25) is 0 Å². The van der Waals surface area contributed by atoms with E-state index in [0.717, 1.165) is 14.7 Å². The number of nitriles is 1. The first-order valence-electron chi connectivity index (χ1n) is 6.74. The molecule has 0 aliphatic rings. The van der Waals surface area contributed by atoms with Crippen molar-refractivity contribution in [2.45, 2.75) is 6.61 Å². The predicted octanol–water partition coefficient (Wildman–Crippen LogP) is 3.73. The van der Waals surface area contributed by atoms with E-state index in [2.05, 4.69) is 33.8 Å². The summed E-state index contributed by atoms with van der Waals surface area (Å²) < 4.78 is 11.5. The molecule has 0 amide bonds. The number of nitrogens with zero attached hydrogens (tertiary/aromatic N) is 2. The maximum Gasteiger partial charge on any atom is 0.174 e. The van der Waals surface area contributed by atoms with Crippen LogP contribution in [0.5, 0.6) is 11.5 Å². The minimum absolute atomic E-state index is 0.241. The van der Waals surface area contributed by atoms with Gasteiger partial charge in [0.25, 0.3) is 0 Å². The Bertz CT molecular complexity index is 754. The number of methoxy groups -OCH3 is 2. The van der Waals surface area contributed by atoms with Gasteiger partial charge in [0, 0.05) is 11.1 Å². The smallest absolute Gasteiger partial charge is 0.174 e. The number of hydrogen-bond acceptors (Lipinski definition) is 5.